The van der Waals surface area contributed by atoms with Crippen LogP contribution in [0.5, 0.6) is 0 Å². The number of carboxylic acids is 1. The van der Waals surface area contributed by atoms with Gasteiger partial charge >= 0.3 is 5.97 Å². The number of hydrogen-bond acceptors (Lipinski definition) is 3. The van der Waals surface area contributed by atoms with E-state index in [1.807, 2.05) is 0 Å². The Kier molecular flexibility index (Phi) is 2.67. The maximum Gasteiger partial charge on any atom is 0.356 e. The van der Waals surface area contributed by atoms with Crippen LogP contribution in [0.25, 0.3) is 0 Å². The van der Waals surface area contributed by atoms with Crippen LogP contribution in [0.15, 0.2) is 0 Å². The first-order chi connectivity index (χ1) is 6.00. The molecule has 0 radical (unpaired) electrons. The molecule has 0 aliphatic carbocycles. The Morgan fingerprint density at radius 3 is 2.77 bits per heavy atom. The molecule has 3 N–H and O–H groups in total. The summed E-state index contributed by atoms with van der Waals surface area (Å²) in [5.41, 5.74) is 0.471. The molecule has 1 aromatic heterocycles. The van der Waals surface area contributed by atoms with Crippen LogP contribution in [0, 0.1) is 6.92 Å². The minimum atomic E-state index is -1.07. The van der Waals surface area contributed by atoms with Gasteiger partial charge < -0.3 is 15.2 Å². The van der Waals surface area contributed by atoms with Gasteiger partial charge in [-0.05, 0) is 13.8 Å². The second kappa shape index (κ2) is 3.57. The summed E-state index contributed by atoms with van der Waals surface area (Å²) in [5, 5.41) is 17.8. The Hall–Kier alpha value is -1.36. The third kappa shape index (κ3) is 2.29. The van der Waals surface area contributed by atoms with Gasteiger partial charge in [0.05, 0.1) is 11.8 Å². The number of aromatic nitrogens is 2. The van der Waals surface area contributed by atoms with Crippen molar-refractivity contribution in [1.82, 2.24) is 9.97 Å². The molecule has 0 saturated heterocycles. The second-order valence-electron chi connectivity index (χ2n) is 3.01. The van der Waals surface area contributed by atoms with Crippen LogP contribution in [0.1, 0.15) is 28.9 Å². The third-order valence-corrected chi connectivity index (χ3v) is 1.60. The second-order valence-corrected chi connectivity index (χ2v) is 3.01. The molecule has 1 rings (SSSR count). The maximum absolute atomic E-state index is 10.7. The predicted octanol–water partition coefficient (Wildman–Crippen LogP) is 0.340. The van der Waals surface area contributed by atoms with Crippen LogP contribution < -0.4 is 0 Å². The molecule has 5 nitrogen and oxygen atoms in total. The van der Waals surface area contributed by atoms with Gasteiger partial charge in [-0.1, -0.05) is 0 Å². The molecule has 1 aromatic rings. The van der Waals surface area contributed by atoms with E-state index in [0.717, 1.165) is 0 Å². The van der Waals surface area contributed by atoms with Gasteiger partial charge in [0.15, 0.2) is 5.69 Å². The number of aliphatic hydroxyl groups excluding tert-OH is 1. The highest BCUT2D eigenvalue weighted by molar-refractivity contribution is 5.86. The molecule has 0 spiro atoms. The number of carboxylic acid groups (broad SMARTS) is 1. The fourth-order valence-electron chi connectivity index (χ4n) is 1.16. The van der Waals surface area contributed by atoms with Gasteiger partial charge in [0.1, 0.15) is 5.82 Å². The summed E-state index contributed by atoms with van der Waals surface area (Å²) in [6, 6.07) is 0. The van der Waals surface area contributed by atoms with E-state index < -0.39 is 12.1 Å². The summed E-state index contributed by atoms with van der Waals surface area (Å²) in [5.74, 6) is -0.520. The lowest BCUT2D eigenvalue weighted by Crippen LogP contribution is -2.09. The summed E-state index contributed by atoms with van der Waals surface area (Å²) in [6.45, 7) is 3.28. The Bertz CT molecular complexity index is 317. The van der Waals surface area contributed by atoms with Crippen LogP contribution >= 0.6 is 0 Å². The van der Waals surface area contributed by atoms with E-state index in [1.54, 1.807) is 13.8 Å². The van der Waals surface area contributed by atoms with Gasteiger partial charge in [0, 0.05) is 6.42 Å². The number of nitrogens with one attached hydrogen (secondary N) is 1. The predicted molar refractivity (Wildman–Crippen MR) is 45.7 cm³/mol. The molecule has 0 bridgehead atoms. The molecule has 0 unspecified atom stereocenters. The average molecular weight is 184 g/mol. The standard InChI is InChI=1S/C8H12N2O3/c1-4(11)3-6-7(8(12)13)10-5(2)9-6/h4,11H,3H2,1-2H3,(H,9,10)(H,12,13)/t4-/m1/s1. The molecule has 0 aliphatic rings. The lowest BCUT2D eigenvalue weighted by molar-refractivity contribution is 0.0689. The van der Waals surface area contributed by atoms with Crippen LogP contribution in [0.4, 0.5) is 0 Å². The number of nitrogens with zero attached hydrogens (tertiary/aromatic N) is 1. The molecule has 13 heavy (non-hydrogen) atoms. The monoisotopic (exact) mass is 184 g/mol. The number of aromatic carboxylic acids is 1. The fraction of sp³-hybridized carbons (Fsp3) is 0.500. The average Bonchev–Trinajstić information content (AvgIpc) is 2.29. The minimum absolute atomic E-state index is 0.00148. The van der Waals surface area contributed by atoms with E-state index in [4.69, 9.17) is 10.2 Å². The van der Waals surface area contributed by atoms with Gasteiger partial charge in [-0.2, -0.15) is 0 Å². The highest BCUT2D eigenvalue weighted by Crippen LogP contribution is 2.08. The van der Waals surface area contributed by atoms with Crippen molar-refractivity contribution in [2.75, 3.05) is 0 Å². The molecular weight excluding hydrogens is 172 g/mol. The van der Waals surface area contributed by atoms with E-state index in [0.29, 0.717) is 11.5 Å². The summed E-state index contributed by atoms with van der Waals surface area (Å²) in [4.78, 5) is 17.3. The van der Waals surface area contributed by atoms with Gasteiger partial charge in [0.2, 0.25) is 0 Å². The summed E-state index contributed by atoms with van der Waals surface area (Å²) in [7, 11) is 0. The molecule has 0 amide bonds. The first-order valence-electron chi connectivity index (χ1n) is 3.97. The van der Waals surface area contributed by atoms with Crippen molar-refractivity contribution in [3.05, 3.63) is 17.2 Å². The van der Waals surface area contributed by atoms with E-state index >= 15 is 0 Å². The highest BCUT2D eigenvalue weighted by atomic mass is 16.4. The van der Waals surface area contributed by atoms with E-state index in [1.165, 1.54) is 0 Å². The molecule has 1 heterocycles. The zero-order chi connectivity index (χ0) is 10.0. The molecule has 0 aromatic carbocycles. The number of rotatable bonds is 3. The topological polar surface area (TPSA) is 86.2 Å². The van der Waals surface area contributed by atoms with Gasteiger partial charge in [0.25, 0.3) is 0 Å². The number of H-pyrrole nitrogens is 1. The van der Waals surface area contributed by atoms with Crippen LogP contribution in [0.3, 0.4) is 0 Å². The zero-order valence-electron chi connectivity index (χ0n) is 7.53. The first kappa shape index (κ1) is 9.73. The van der Waals surface area contributed by atoms with Crippen molar-refractivity contribution in [1.29, 1.82) is 0 Å². The van der Waals surface area contributed by atoms with Gasteiger partial charge in [-0.15, -0.1) is 0 Å². The number of aryl methyl sites for hydroxylation is 1. The quantitative estimate of drug-likeness (QED) is 0.632. The lowest BCUT2D eigenvalue weighted by Gasteiger charge is -2.01. The van der Waals surface area contributed by atoms with Crippen molar-refractivity contribution in [3.8, 4) is 0 Å². The Morgan fingerprint density at radius 2 is 2.31 bits per heavy atom. The van der Waals surface area contributed by atoms with E-state index in [2.05, 4.69) is 9.97 Å². The first-order valence-corrected chi connectivity index (χ1v) is 3.97. The van der Waals surface area contributed by atoms with Gasteiger partial charge in [-0.25, -0.2) is 9.78 Å². The molecule has 5 heteroatoms. The SMILES string of the molecule is Cc1nc(C(=O)O)c(C[C@@H](C)O)[nH]1. The summed E-state index contributed by atoms with van der Waals surface area (Å²) >= 11 is 0. The normalized spacial score (nSPS) is 12.8. The molecule has 1 atom stereocenters. The van der Waals surface area contributed by atoms with Crippen molar-refractivity contribution in [3.63, 3.8) is 0 Å². The van der Waals surface area contributed by atoms with Crippen molar-refractivity contribution >= 4 is 5.97 Å². The zero-order valence-corrected chi connectivity index (χ0v) is 7.53. The van der Waals surface area contributed by atoms with Gasteiger partial charge in [-0.3, -0.25) is 0 Å². The van der Waals surface area contributed by atoms with Crippen molar-refractivity contribution < 1.29 is 15.0 Å². The molecule has 0 aliphatic heterocycles. The number of aliphatic hydroxyl groups is 1. The third-order valence-electron chi connectivity index (χ3n) is 1.60. The largest absolute Gasteiger partial charge is 0.476 e. The Morgan fingerprint density at radius 1 is 1.69 bits per heavy atom. The van der Waals surface area contributed by atoms with Crippen LogP contribution in [-0.4, -0.2) is 32.3 Å². The summed E-state index contributed by atoms with van der Waals surface area (Å²) < 4.78 is 0. The molecular formula is C8H12N2O3. The number of hydrogen-bond donors (Lipinski definition) is 3. The number of imidazole rings is 1. The van der Waals surface area contributed by atoms with E-state index in [9.17, 15) is 4.79 Å². The molecule has 0 saturated carbocycles. The van der Waals surface area contributed by atoms with Crippen molar-refractivity contribution in [2.45, 2.75) is 26.4 Å². The Labute approximate surface area is 75.4 Å². The van der Waals surface area contributed by atoms with E-state index in [-0.39, 0.29) is 12.1 Å². The highest BCUT2D eigenvalue weighted by Gasteiger charge is 2.15. The Balaban J connectivity index is 2.97. The molecule has 72 valence electrons. The number of carbonyl (C=O) groups is 1. The van der Waals surface area contributed by atoms with Crippen molar-refractivity contribution in [2.24, 2.45) is 0 Å². The number of aromatic amines is 1. The van der Waals surface area contributed by atoms with Crippen LogP contribution in [-0.2, 0) is 6.42 Å². The van der Waals surface area contributed by atoms with Crippen LogP contribution in [0.2, 0.25) is 0 Å². The smallest absolute Gasteiger partial charge is 0.356 e. The minimum Gasteiger partial charge on any atom is -0.476 e. The fourth-order valence-corrected chi connectivity index (χ4v) is 1.16. The molecule has 0 fully saturated rings. The summed E-state index contributed by atoms with van der Waals surface area (Å²) in [6.07, 6.45) is -0.291. The lowest BCUT2D eigenvalue weighted by atomic mass is 10.2. The maximum atomic E-state index is 10.7.